The largest absolute Gasteiger partial charge is 0.497 e. The van der Waals surface area contributed by atoms with E-state index in [2.05, 4.69) is 5.32 Å². The van der Waals surface area contributed by atoms with Gasteiger partial charge in [0.1, 0.15) is 17.1 Å². The number of hydrogen-bond donors (Lipinski definition) is 1. The molecule has 0 saturated heterocycles. The van der Waals surface area contributed by atoms with Gasteiger partial charge in [-0.2, -0.15) is 0 Å². The molecule has 6 heteroatoms. The van der Waals surface area contributed by atoms with Gasteiger partial charge in [-0.25, -0.2) is 4.39 Å². The minimum Gasteiger partial charge on any atom is -0.497 e. The number of hydrogen-bond acceptors (Lipinski definition) is 4. The highest BCUT2D eigenvalue weighted by atomic mass is 32.2. The normalized spacial score (nSPS) is 16.3. The minimum atomic E-state index is -0.294. The molecule has 0 aliphatic carbocycles. The van der Waals surface area contributed by atoms with Crippen LogP contribution < -0.4 is 10.1 Å². The van der Waals surface area contributed by atoms with Gasteiger partial charge in [-0.1, -0.05) is 0 Å². The van der Waals surface area contributed by atoms with Crippen molar-refractivity contribution < 1.29 is 18.3 Å². The molecule has 0 saturated carbocycles. The maximum Gasteiger partial charge on any atom is 0.287 e. The van der Waals surface area contributed by atoms with Crippen LogP contribution in [0.2, 0.25) is 0 Å². The Morgan fingerprint density at radius 1 is 1.31 bits per heavy atom. The summed E-state index contributed by atoms with van der Waals surface area (Å²) in [6.45, 7) is 1.85. The van der Waals surface area contributed by atoms with Gasteiger partial charge in [0.2, 0.25) is 0 Å². The van der Waals surface area contributed by atoms with Crippen LogP contribution in [0.15, 0.2) is 45.7 Å². The van der Waals surface area contributed by atoms with Gasteiger partial charge in [-0.3, -0.25) is 4.79 Å². The molecule has 134 valence electrons. The molecule has 3 aromatic rings. The molecule has 1 unspecified atom stereocenters. The molecule has 4 rings (SSSR count). The van der Waals surface area contributed by atoms with E-state index in [0.717, 1.165) is 33.6 Å². The first-order chi connectivity index (χ1) is 12.6. The zero-order valence-electron chi connectivity index (χ0n) is 14.5. The first-order valence-corrected chi connectivity index (χ1v) is 9.35. The number of ether oxygens (including phenoxy) is 1. The number of methoxy groups -OCH3 is 1. The molecule has 1 amide bonds. The first kappa shape index (κ1) is 17.0. The Morgan fingerprint density at radius 2 is 2.15 bits per heavy atom. The summed E-state index contributed by atoms with van der Waals surface area (Å²) in [5.74, 6) is 1.29. The average molecular weight is 371 g/mol. The van der Waals surface area contributed by atoms with Crippen molar-refractivity contribution in [1.29, 1.82) is 0 Å². The molecule has 4 nitrogen and oxygen atoms in total. The molecule has 1 aromatic heterocycles. The summed E-state index contributed by atoms with van der Waals surface area (Å²) in [5.41, 5.74) is 2.23. The maximum absolute atomic E-state index is 13.7. The molecule has 0 fully saturated rings. The minimum absolute atomic E-state index is 0.225. The third-order valence-corrected chi connectivity index (χ3v) is 5.79. The summed E-state index contributed by atoms with van der Waals surface area (Å²) in [7, 11) is 1.60. The second kappa shape index (κ2) is 6.68. The number of aryl methyl sites for hydroxylation is 1. The Hall–Kier alpha value is -2.47. The summed E-state index contributed by atoms with van der Waals surface area (Å²) in [4.78, 5) is 13.8. The van der Waals surface area contributed by atoms with Gasteiger partial charge in [0.15, 0.2) is 5.76 Å². The monoisotopic (exact) mass is 371 g/mol. The summed E-state index contributed by atoms with van der Waals surface area (Å²) in [6, 6.07) is 9.94. The fraction of sp³-hybridized carbons (Fsp3) is 0.250. The number of rotatable bonds is 3. The van der Waals surface area contributed by atoms with Gasteiger partial charge in [0.25, 0.3) is 5.91 Å². The van der Waals surface area contributed by atoms with Gasteiger partial charge >= 0.3 is 0 Å². The predicted molar refractivity (Wildman–Crippen MR) is 99.5 cm³/mol. The molecule has 1 aliphatic heterocycles. The lowest BCUT2D eigenvalue weighted by Crippen LogP contribution is -2.30. The van der Waals surface area contributed by atoms with E-state index in [1.807, 2.05) is 13.0 Å². The fourth-order valence-electron chi connectivity index (χ4n) is 3.28. The van der Waals surface area contributed by atoms with Crippen molar-refractivity contribution in [3.8, 4) is 5.75 Å². The topological polar surface area (TPSA) is 51.5 Å². The predicted octanol–water partition coefficient (Wildman–Crippen LogP) is 4.86. The zero-order chi connectivity index (χ0) is 18.3. The first-order valence-electron chi connectivity index (χ1n) is 8.37. The van der Waals surface area contributed by atoms with Crippen LogP contribution in [0.4, 0.5) is 4.39 Å². The Labute approximate surface area is 154 Å². The van der Waals surface area contributed by atoms with E-state index in [9.17, 15) is 9.18 Å². The van der Waals surface area contributed by atoms with Gasteiger partial charge in [-0.05, 0) is 55.3 Å². The van der Waals surface area contributed by atoms with Crippen LogP contribution in [0.25, 0.3) is 11.0 Å². The standard InChI is InChI=1S/C20H18FNO3S/c1-11-14-10-13(24-2)4-5-17(14)25-19(11)20(23)22-16-7-8-26-18-6-3-12(21)9-15(16)18/h3-6,9-10,16H,7-8H2,1-2H3,(H,22,23). The SMILES string of the molecule is COc1ccc2oc(C(=O)NC3CCSc4ccc(F)cc43)c(C)c2c1. The highest BCUT2D eigenvalue weighted by Crippen LogP contribution is 2.37. The van der Waals surface area contributed by atoms with Crippen molar-refractivity contribution in [2.24, 2.45) is 0 Å². The number of halogens is 1. The summed E-state index contributed by atoms with van der Waals surface area (Å²) in [5, 5.41) is 3.85. The second-order valence-electron chi connectivity index (χ2n) is 6.26. The maximum atomic E-state index is 13.7. The van der Waals surface area contributed by atoms with E-state index in [1.165, 1.54) is 12.1 Å². The van der Waals surface area contributed by atoms with Crippen LogP contribution in [0.3, 0.4) is 0 Å². The van der Waals surface area contributed by atoms with Crippen LogP contribution in [0.1, 0.15) is 34.1 Å². The lowest BCUT2D eigenvalue weighted by Gasteiger charge is -2.25. The Bertz CT molecular complexity index is 998. The number of amides is 1. The molecule has 0 bridgehead atoms. The lowest BCUT2D eigenvalue weighted by molar-refractivity contribution is 0.0908. The van der Waals surface area contributed by atoms with Crippen LogP contribution in [0.5, 0.6) is 5.75 Å². The molecule has 2 heterocycles. The van der Waals surface area contributed by atoms with Crippen LogP contribution in [0, 0.1) is 12.7 Å². The van der Waals surface area contributed by atoms with Gasteiger partial charge in [0, 0.05) is 21.6 Å². The van der Waals surface area contributed by atoms with E-state index in [1.54, 1.807) is 37.1 Å². The van der Waals surface area contributed by atoms with E-state index in [0.29, 0.717) is 11.3 Å². The zero-order valence-corrected chi connectivity index (χ0v) is 15.3. The number of carbonyl (C=O) groups excluding carboxylic acids is 1. The van der Waals surface area contributed by atoms with Crippen molar-refractivity contribution in [1.82, 2.24) is 5.32 Å². The Morgan fingerprint density at radius 3 is 2.96 bits per heavy atom. The van der Waals surface area contributed by atoms with Gasteiger partial charge < -0.3 is 14.5 Å². The molecular weight excluding hydrogens is 353 g/mol. The van der Waals surface area contributed by atoms with Crippen LogP contribution in [-0.4, -0.2) is 18.8 Å². The average Bonchev–Trinajstić information content (AvgIpc) is 2.98. The van der Waals surface area contributed by atoms with Crippen molar-refractivity contribution >= 4 is 28.6 Å². The Balaban J connectivity index is 1.65. The summed E-state index contributed by atoms with van der Waals surface area (Å²) >= 11 is 1.68. The fourth-order valence-corrected chi connectivity index (χ4v) is 4.39. The summed E-state index contributed by atoms with van der Waals surface area (Å²) < 4.78 is 24.7. The van der Waals surface area contributed by atoms with Crippen molar-refractivity contribution in [3.63, 3.8) is 0 Å². The van der Waals surface area contributed by atoms with Crippen LogP contribution in [-0.2, 0) is 0 Å². The van der Waals surface area contributed by atoms with E-state index < -0.39 is 0 Å². The second-order valence-corrected chi connectivity index (χ2v) is 7.40. The van der Waals surface area contributed by atoms with Crippen molar-refractivity contribution in [2.75, 3.05) is 12.9 Å². The quantitative estimate of drug-likeness (QED) is 0.715. The van der Waals surface area contributed by atoms with Crippen molar-refractivity contribution in [3.05, 3.63) is 59.1 Å². The number of carbonyl (C=O) groups is 1. The number of fused-ring (bicyclic) bond motifs is 2. The molecular formula is C20H18FNO3S. The van der Waals surface area contributed by atoms with E-state index in [-0.39, 0.29) is 23.5 Å². The number of thioether (sulfide) groups is 1. The smallest absolute Gasteiger partial charge is 0.287 e. The third-order valence-electron chi connectivity index (χ3n) is 4.67. The van der Waals surface area contributed by atoms with E-state index in [4.69, 9.17) is 9.15 Å². The van der Waals surface area contributed by atoms with Crippen LogP contribution >= 0.6 is 11.8 Å². The van der Waals surface area contributed by atoms with E-state index >= 15 is 0 Å². The number of nitrogens with one attached hydrogen (secondary N) is 1. The molecule has 26 heavy (non-hydrogen) atoms. The number of furan rings is 1. The van der Waals surface area contributed by atoms with Gasteiger partial charge in [0.05, 0.1) is 13.2 Å². The Kier molecular flexibility index (Phi) is 4.36. The summed E-state index contributed by atoms with van der Waals surface area (Å²) in [6.07, 6.45) is 0.750. The highest BCUT2D eigenvalue weighted by Gasteiger charge is 2.26. The highest BCUT2D eigenvalue weighted by molar-refractivity contribution is 7.99. The van der Waals surface area contributed by atoms with Crippen molar-refractivity contribution in [2.45, 2.75) is 24.3 Å². The van der Waals surface area contributed by atoms with Gasteiger partial charge in [-0.15, -0.1) is 11.8 Å². The molecule has 1 aliphatic rings. The molecule has 0 spiro atoms. The lowest BCUT2D eigenvalue weighted by atomic mass is 10.0. The molecule has 1 atom stereocenters. The molecule has 2 aromatic carbocycles. The number of benzene rings is 2. The molecule has 0 radical (unpaired) electrons. The molecule has 1 N–H and O–H groups in total. The third kappa shape index (κ3) is 2.94.